The summed E-state index contributed by atoms with van der Waals surface area (Å²) in [5.74, 6) is 0.829. The third-order valence-electron chi connectivity index (χ3n) is 6.82. The van der Waals surface area contributed by atoms with E-state index in [4.69, 9.17) is 4.98 Å². The maximum absolute atomic E-state index is 13.0. The molecule has 1 fully saturated rings. The third-order valence-corrected chi connectivity index (χ3v) is 6.82. The Morgan fingerprint density at radius 1 is 1.12 bits per heavy atom. The summed E-state index contributed by atoms with van der Waals surface area (Å²) >= 11 is 0. The number of nitrogens with one attached hydrogen (secondary N) is 1. The molecule has 1 N–H and O–H groups in total. The lowest BCUT2D eigenvalue weighted by atomic mass is 10.0. The number of aromatic nitrogens is 2. The van der Waals surface area contributed by atoms with Gasteiger partial charge in [0.25, 0.3) is 5.91 Å². The Morgan fingerprint density at radius 3 is 2.41 bits per heavy atom. The quantitative estimate of drug-likeness (QED) is 0.604. The fraction of sp³-hybridized carbons (Fsp3) is 0.462. The normalized spacial score (nSPS) is 13.7. The predicted octanol–water partition coefficient (Wildman–Crippen LogP) is 4.29. The zero-order chi connectivity index (χ0) is 23.0. The molecule has 0 radical (unpaired) electrons. The number of carbonyl (C=O) groups excluding carboxylic acids is 1. The standard InChI is InChI=1S/C26H35N5O/c1-17-9-7-10-18(2)22(17)16-27-25-24-21(15-23(28-25)26(32)30-11-8-12-30)19(3)20(4)31(24)14-13-29(5)6/h7,9-10,15H,8,11-14,16H2,1-6H3,(H,27,28). The van der Waals surface area contributed by atoms with Crippen molar-refractivity contribution in [3.63, 3.8) is 0 Å². The van der Waals surface area contributed by atoms with Gasteiger partial charge in [0.05, 0.1) is 5.52 Å². The highest BCUT2D eigenvalue weighted by molar-refractivity contribution is 6.01. The van der Waals surface area contributed by atoms with Crippen LogP contribution in [0.15, 0.2) is 24.3 Å². The van der Waals surface area contributed by atoms with E-state index in [1.165, 1.54) is 27.9 Å². The summed E-state index contributed by atoms with van der Waals surface area (Å²) in [7, 11) is 4.19. The number of anilines is 1. The van der Waals surface area contributed by atoms with E-state index in [-0.39, 0.29) is 5.91 Å². The summed E-state index contributed by atoms with van der Waals surface area (Å²) < 4.78 is 2.35. The lowest BCUT2D eigenvalue weighted by molar-refractivity contribution is 0.0646. The number of aryl methyl sites for hydroxylation is 3. The van der Waals surface area contributed by atoms with Gasteiger partial charge in [-0.15, -0.1) is 0 Å². The highest BCUT2D eigenvalue weighted by Gasteiger charge is 2.25. The lowest BCUT2D eigenvalue weighted by Crippen LogP contribution is -2.42. The maximum atomic E-state index is 13.0. The molecule has 1 aromatic carbocycles. The van der Waals surface area contributed by atoms with Gasteiger partial charge < -0.3 is 19.7 Å². The number of rotatable bonds is 7. The van der Waals surface area contributed by atoms with Crippen LogP contribution in [0.5, 0.6) is 0 Å². The average molecular weight is 434 g/mol. The molecule has 1 saturated heterocycles. The van der Waals surface area contributed by atoms with E-state index in [0.717, 1.165) is 49.3 Å². The average Bonchev–Trinajstić information content (AvgIpc) is 2.95. The Labute approximate surface area is 191 Å². The van der Waals surface area contributed by atoms with E-state index < -0.39 is 0 Å². The van der Waals surface area contributed by atoms with Crippen molar-refractivity contribution in [1.29, 1.82) is 0 Å². The van der Waals surface area contributed by atoms with E-state index in [1.54, 1.807) is 0 Å². The van der Waals surface area contributed by atoms with E-state index in [1.807, 2.05) is 11.0 Å². The van der Waals surface area contributed by atoms with Crippen LogP contribution in [-0.4, -0.2) is 59.0 Å². The van der Waals surface area contributed by atoms with Crippen molar-refractivity contribution in [2.45, 2.75) is 47.2 Å². The maximum Gasteiger partial charge on any atom is 0.272 e. The number of likely N-dealkylation sites (N-methyl/N-ethyl adjacent to an activating group) is 1. The zero-order valence-corrected chi connectivity index (χ0v) is 20.2. The second-order valence-electron chi connectivity index (χ2n) is 9.29. The Morgan fingerprint density at radius 2 is 1.81 bits per heavy atom. The molecule has 2 aromatic heterocycles. The van der Waals surface area contributed by atoms with Crippen LogP contribution in [0.1, 0.15) is 44.9 Å². The zero-order valence-electron chi connectivity index (χ0n) is 20.2. The minimum Gasteiger partial charge on any atom is -0.364 e. The Hall–Kier alpha value is -2.86. The van der Waals surface area contributed by atoms with Gasteiger partial charge in [-0.1, -0.05) is 18.2 Å². The third kappa shape index (κ3) is 4.11. The fourth-order valence-electron chi connectivity index (χ4n) is 4.46. The Bertz CT molecular complexity index is 1140. The molecule has 0 bridgehead atoms. The van der Waals surface area contributed by atoms with Crippen LogP contribution >= 0.6 is 0 Å². The molecule has 1 aliphatic heterocycles. The molecule has 4 rings (SSSR count). The van der Waals surface area contributed by atoms with Gasteiger partial charge in [0.2, 0.25) is 0 Å². The molecule has 0 unspecified atom stereocenters. The first-order chi connectivity index (χ1) is 15.3. The molecular formula is C26H35N5O. The van der Waals surface area contributed by atoms with Gasteiger partial charge in [-0.05, 0) is 76.5 Å². The van der Waals surface area contributed by atoms with Crippen molar-refractivity contribution in [1.82, 2.24) is 19.4 Å². The highest BCUT2D eigenvalue weighted by Crippen LogP contribution is 2.32. The minimum absolute atomic E-state index is 0.0337. The van der Waals surface area contributed by atoms with E-state index in [2.05, 4.69) is 74.8 Å². The number of fused-ring (bicyclic) bond motifs is 1. The molecule has 0 aliphatic carbocycles. The van der Waals surface area contributed by atoms with Crippen molar-refractivity contribution in [2.24, 2.45) is 0 Å². The summed E-state index contributed by atoms with van der Waals surface area (Å²) in [6.45, 7) is 12.7. The molecule has 170 valence electrons. The monoisotopic (exact) mass is 433 g/mol. The van der Waals surface area contributed by atoms with Crippen molar-refractivity contribution >= 4 is 22.6 Å². The van der Waals surface area contributed by atoms with Crippen molar-refractivity contribution in [3.05, 3.63) is 57.9 Å². The first-order valence-electron chi connectivity index (χ1n) is 11.5. The molecular weight excluding hydrogens is 398 g/mol. The van der Waals surface area contributed by atoms with Gasteiger partial charge in [-0.2, -0.15) is 0 Å². The molecule has 1 aliphatic rings. The topological polar surface area (TPSA) is 53.4 Å². The van der Waals surface area contributed by atoms with Gasteiger partial charge in [0.1, 0.15) is 5.69 Å². The van der Waals surface area contributed by atoms with Crippen molar-refractivity contribution in [3.8, 4) is 0 Å². The van der Waals surface area contributed by atoms with Crippen LogP contribution in [0.25, 0.3) is 10.9 Å². The highest BCUT2D eigenvalue weighted by atomic mass is 16.2. The van der Waals surface area contributed by atoms with Crippen molar-refractivity contribution in [2.75, 3.05) is 39.0 Å². The number of likely N-dealkylation sites (tertiary alicyclic amines) is 1. The number of pyridine rings is 1. The Balaban J connectivity index is 1.80. The molecule has 1 amide bonds. The van der Waals surface area contributed by atoms with Gasteiger partial charge in [0.15, 0.2) is 5.82 Å². The van der Waals surface area contributed by atoms with E-state index in [0.29, 0.717) is 12.2 Å². The van der Waals surface area contributed by atoms with Crippen LogP contribution in [0, 0.1) is 27.7 Å². The molecule has 32 heavy (non-hydrogen) atoms. The second kappa shape index (κ2) is 8.94. The van der Waals surface area contributed by atoms with Gasteiger partial charge in [-0.25, -0.2) is 4.98 Å². The molecule has 6 nitrogen and oxygen atoms in total. The molecule has 0 spiro atoms. The number of amides is 1. The van der Waals surface area contributed by atoms with Crippen LogP contribution < -0.4 is 5.32 Å². The summed E-state index contributed by atoms with van der Waals surface area (Å²) in [4.78, 5) is 22.0. The number of carbonyl (C=O) groups is 1. The van der Waals surface area contributed by atoms with Crippen LogP contribution in [0.3, 0.4) is 0 Å². The molecule has 3 aromatic rings. The number of nitrogens with zero attached hydrogens (tertiary/aromatic N) is 4. The van der Waals surface area contributed by atoms with Crippen LogP contribution in [-0.2, 0) is 13.1 Å². The van der Waals surface area contributed by atoms with Crippen LogP contribution in [0.2, 0.25) is 0 Å². The summed E-state index contributed by atoms with van der Waals surface area (Å²) in [5.41, 5.74) is 7.87. The number of hydrogen-bond donors (Lipinski definition) is 1. The predicted molar refractivity (Wildman–Crippen MR) is 132 cm³/mol. The summed E-state index contributed by atoms with van der Waals surface area (Å²) in [6, 6.07) is 8.38. The summed E-state index contributed by atoms with van der Waals surface area (Å²) in [6.07, 6.45) is 1.07. The first kappa shape index (κ1) is 22.3. The molecule has 6 heteroatoms. The fourth-order valence-corrected chi connectivity index (χ4v) is 4.46. The Kier molecular flexibility index (Phi) is 6.24. The largest absolute Gasteiger partial charge is 0.364 e. The van der Waals surface area contributed by atoms with E-state index in [9.17, 15) is 4.79 Å². The van der Waals surface area contributed by atoms with Gasteiger partial charge in [0, 0.05) is 43.8 Å². The first-order valence-corrected chi connectivity index (χ1v) is 11.5. The minimum atomic E-state index is 0.0337. The lowest BCUT2D eigenvalue weighted by Gasteiger charge is -2.30. The second-order valence-corrected chi connectivity index (χ2v) is 9.29. The molecule has 0 saturated carbocycles. The molecule has 3 heterocycles. The van der Waals surface area contributed by atoms with Crippen molar-refractivity contribution < 1.29 is 4.79 Å². The number of hydrogen-bond acceptors (Lipinski definition) is 4. The van der Waals surface area contributed by atoms with Gasteiger partial charge >= 0.3 is 0 Å². The van der Waals surface area contributed by atoms with E-state index >= 15 is 0 Å². The SMILES string of the molecule is Cc1cccc(C)c1CNc1nc(C(=O)N2CCC2)cc2c(C)c(C)n(CCN(C)C)c12. The van der Waals surface area contributed by atoms with Crippen LogP contribution in [0.4, 0.5) is 5.82 Å². The van der Waals surface area contributed by atoms with Gasteiger partial charge in [-0.3, -0.25) is 4.79 Å². The number of benzene rings is 1. The smallest absolute Gasteiger partial charge is 0.272 e. The molecule has 0 atom stereocenters. The summed E-state index contributed by atoms with van der Waals surface area (Å²) in [5, 5.41) is 4.72.